The van der Waals surface area contributed by atoms with Crippen molar-refractivity contribution in [2.24, 2.45) is 0 Å². The number of imide groups is 1. The van der Waals surface area contributed by atoms with Crippen molar-refractivity contribution in [1.29, 1.82) is 0 Å². The number of thioether (sulfide) groups is 1. The van der Waals surface area contributed by atoms with Crippen molar-refractivity contribution < 1.29 is 19.1 Å². The fourth-order valence-corrected chi connectivity index (χ4v) is 5.19. The molecule has 0 bridgehead atoms. The lowest BCUT2D eigenvalue weighted by molar-refractivity contribution is -0.138. The molecule has 1 aromatic carbocycles. The van der Waals surface area contributed by atoms with Gasteiger partial charge in [-0.05, 0) is 25.0 Å². The first-order chi connectivity index (χ1) is 14.6. The average molecular weight is 433 g/mol. The van der Waals surface area contributed by atoms with Crippen molar-refractivity contribution in [2.45, 2.75) is 18.9 Å². The number of likely N-dealkylation sites (tertiary alicyclic amines) is 1. The fraction of sp³-hybridized carbons (Fsp3) is 0.571. The van der Waals surface area contributed by atoms with Gasteiger partial charge in [-0.2, -0.15) is 0 Å². The normalized spacial score (nSPS) is 23.2. The van der Waals surface area contributed by atoms with E-state index in [1.807, 2.05) is 23.1 Å². The number of amides is 3. The van der Waals surface area contributed by atoms with E-state index in [0.29, 0.717) is 19.1 Å². The third-order valence-corrected chi connectivity index (χ3v) is 7.00. The number of rotatable bonds is 5. The van der Waals surface area contributed by atoms with Crippen molar-refractivity contribution in [2.75, 3.05) is 63.6 Å². The van der Waals surface area contributed by atoms with Gasteiger partial charge in [0.25, 0.3) is 5.24 Å². The molecule has 3 heterocycles. The third-order valence-electron chi connectivity index (χ3n) is 6.14. The zero-order valence-electron chi connectivity index (χ0n) is 17.3. The van der Waals surface area contributed by atoms with Gasteiger partial charge >= 0.3 is 0 Å². The minimum Gasteiger partial charge on any atom is -0.495 e. The highest BCUT2D eigenvalue weighted by Crippen LogP contribution is 2.29. The Balaban J connectivity index is 1.31. The highest BCUT2D eigenvalue weighted by Gasteiger charge is 2.35. The summed E-state index contributed by atoms with van der Waals surface area (Å²) in [5.41, 5.74) is 1.12. The van der Waals surface area contributed by atoms with Crippen LogP contribution < -0.4 is 9.64 Å². The van der Waals surface area contributed by atoms with Crippen molar-refractivity contribution in [3.8, 4) is 5.75 Å². The van der Waals surface area contributed by atoms with E-state index < -0.39 is 0 Å². The highest BCUT2D eigenvalue weighted by atomic mass is 32.2. The number of nitrogens with zero attached hydrogens (tertiary/aromatic N) is 4. The average Bonchev–Trinajstić information content (AvgIpc) is 3.11. The molecule has 0 aromatic heterocycles. The predicted molar refractivity (Wildman–Crippen MR) is 116 cm³/mol. The van der Waals surface area contributed by atoms with E-state index in [9.17, 15) is 14.4 Å². The van der Waals surface area contributed by atoms with Gasteiger partial charge in [0.2, 0.25) is 11.8 Å². The van der Waals surface area contributed by atoms with E-state index in [1.165, 1.54) is 0 Å². The molecule has 3 aliphatic rings. The molecule has 0 unspecified atom stereocenters. The van der Waals surface area contributed by atoms with E-state index in [4.69, 9.17) is 4.74 Å². The highest BCUT2D eigenvalue weighted by molar-refractivity contribution is 8.14. The summed E-state index contributed by atoms with van der Waals surface area (Å²) in [6, 6.07) is 8.41. The van der Waals surface area contributed by atoms with E-state index in [-0.39, 0.29) is 29.4 Å². The van der Waals surface area contributed by atoms with E-state index >= 15 is 0 Å². The van der Waals surface area contributed by atoms with Crippen LogP contribution >= 0.6 is 11.8 Å². The van der Waals surface area contributed by atoms with Crippen LogP contribution in [0.1, 0.15) is 12.8 Å². The monoisotopic (exact) mass is 432 g/mol. The molecule has 0 spiro atoms. The van der Waals surface area contributed by atoms with Crippen molar-refractivity contribution >= 4 is 34.5 Å². The van der Waals surface area contributed by atoms with Crippen LogP contribution in [0.3, 0.4) is 0 Å². The van der Waals surface area contributed by atoms with Crippen LogP contribution in [0, 0.1) is 0 Å². The molecule has 162 valence electrons. The number of methoxy groups -OCH3 is 1. The molecular formula is C21H28N4O4S. The van der Waals surface area contributed by atoms with Gasteiger partial charge in [0, 0.05) is 45.3 Å². The Morgan fingerprint density at radius 1 is 1.13 bits per heavy atom. The first-order valence-electron chi connectivity index (χ1n) is 10.4. The summed E-state index contributed by atoms with van der Waals surface area (Å²) in [6.45, 7) is 4.93. The molecule has 0 saturated carbocycles. The maximum absolute atomic E-state index is 12.7. The maximum atomic E-state index is 12.7. The lowest BCUT2D eigenvalue weighted by Gasteiger charge is -2.44. The molecule has 9 heteroatoms. The number of carbonyl (C=O) groups is 3. The third kappa shape index (κ3) is 4.41. The number of ether oxygens (including phenoxy) is 1. The summed E-state index contributed by atoms with van der Waals surface area (Å²) < 4.78 is 5.50. The molecule has 3 saturated heterocycles. The zero-order valence-corrected chi connectivity index (χ0v) is 18.1. The number of para-hydroxylation sites is 2. The molecule has 0 N–H and O–H groups in total. The Morgan fingerprint density at radius 2 is 1.90 bits per heavy atom. The van der Waals surface area contributed by atoms with Gasteiger partial charge in [-0.15, -0.1) is 0 Å². The molecule has 0 radical (unpaired) electrons. The summed E-state index contributed by atoms with van der Waals surface area (Å²) in [4.78, 5) is 44.0. The first kappa shape index (κ1) is 21.0. The molecule has 4 rings (SSSR count). The maximum Gasteiger partial charge on any atom is 0.289 e. The summed E-state index contributed by atoms with van der Waals surface area (Å²) in [7, 11) is 1.70. The summed E-state index contributed by atoms with van der Waals surface area (Å²) in [5.74, 6) is 0.645. The Bertz CT molecular complexity index is 796. The molecule has 3 amide bonds. The number of piperazine rings is 1. The number of anilines is 1. The second kappa shape index (κ2) is 9.26. The summed E-state index contributed by atoms with van der Waals surface area (Å²) in [6.07, 6.45) is 2.01. The summed E-state index contributed by atoms with van der Waals surface area (Å²) >= 11 is 0.971. The number of benzene rings is 1. The Hall–Kier alpha value is -2.26. The molecule has 1 aromatic rings. The van der Waals surface area contributed by atoms with Crippen LogP contribution in [-0.4, -0.2) is 96.5 Å². The number of hydrogen-bond acceptors (Lipinski definition) is 7. The smallest absolute Gasteiger partial charge is 0.289 e. The Morgan fingerprint density at radius 3 is 2.60 bits per heavy atom. The van der Waals surface area contributed by atoms with Crippen molar-refractivity contribution in [1.82, 2.24) is 14.7 Å². The Labute approximate surface area is 181 Å². The zero-order chi connectivity index (χ0) is 21.1. The number of piperidine rings is 1. The molecule has 3 aliphatic heterocycles. The number of carbonyl (C=O) groups excluding carboxylic acids is 3. The van der Waals surface area contributed by atoms with Gasteiger partial charge < -0.3 is 14.5 Å². The van der Waals surface area contributed by atoms with Crippen LogP contribution in [-0.2, 0) is 9.59 Å². The molecule has 8 nitrogen and oxygen atoms in total. The minimum absolute atomic E-state index is 0.126. The molecular weight excluding hydrogens is 404 g/mol. The van der Waals surface area contributed by atoms with E-state index in [2.05, 4.69) is 15.9 Å². The second-order valence-corrected chi connectivity index (χ2v) is 8.79. The SMILES string of the molecule is COc1ccccc1N1CCN([C@@H]2CCCN(C(=O)CN3C(=O)CSC3=O)C2)CC1. The van der Waals surface area contributed by atoms with E-state index in [0.717, 1.165) is 67.1 Å². The van der Waals surface area contributed by atoms with Crippen LogP contribution in [0.25, 0.3) is 0 Å². The quantitative estimate of drug-likeness (QED) is 0.698. The van der Waals surface area contributed by atoms with Gasteiger partial charge in [0.15, 0.2) is 0 Å². The van der Waals surface area contributed by atoms with Crippen LogP contribution in [0.2, 0.25) is 0 Å². The van der Waals surface area contributed by atoms with Gasteiger partial charge in [-0.1, -0.05) is 23.9 Å². The standard InChI is InChI=1S/C21H28N4O4S/c1-29-18-7-3-2-6-17(18)23-11-9-22(10-12-23)16-5-4-8-24(13-16)19(26)14-25-20(27)15-30-21(25)28/h2-3,6-7,16H,4-5,8-15H2,1H3/t16-/m1/s1. The lowest BCUT2D eigenvalue weighted by atomic mass is 10.0. The van der Waals surface area contributed by atoms with Crippen LogP contribution in [0.15, 0.2) is 24.3 Å². The van der Waals surface area contributed by atoms with Crippen molar-refractivity contribution in [3.63, 3.8) is 0 Å². The molecule has 0 aliphatic carbocycles. The minimum atomic E-state index is -0.311. The van der Waals surface area contributed by atoms with E-state index in [1.54, 1.807) is 7.11 Å². The molecule has 30 heavy (non-hydrogen) atoms. The summed E-state index contributed by atoms with van der Waals surface area (Å²) in [5, 5.41) is -0.311. The Kier molecular flexibility index (Phi) is 6.48. The van der Waals surface area contributed by atoms with Crippen molar-refractivity contribution in [3.05, 3.63) is 24.3 Å². The van der Waals surface area contributed by atoms with Gasteiger partial charge in [0.1, 0.15) is 12.3 Å². The largest absolute Gasteiger partial charge is 0.495 e. The number of hydrogen-bond donors (Lipinski definition) is 0. The van der Waals surface area contributed by atoms with Gasteiger partial charge in [0.05, 0.1) is 18.6 Å². The predicted octanol–water partition coefficient (Wildman–Crippen LogP) is 1.50. The first-order valence-corrected chi connectivity index (χ1v) is 11.4. The lowest BCUT2D eigenvalue weighted by Crippen LogP contribution is -2.56. The molecule has 1 atom stereocenters. The second-order valence-electron chi connectivity index (χ2n) is 7.87. The fourth-order valence-electron chi connectivity index (χ4n) is 4.47. The topological polar surface area (TPSA) is 73.4 Å². The van der Waals surface area contributed by atoms with Crippen LogP contribution in [0.5, 0.6) is 5.75 Å². The molecule has 3 fully saturated rings. The van der Waals surface area contributed by atoms with Gasteiger partial charge in [-0.3, -0.25) is 24.2 Å². The van der Waals surface area contributed by atoms with Gasteiger partial charge in [-0.25, -0.2) is 0 Å². The van der Waals surface area contributed by atoms with Crippen LogP contribution in [0.4, 0.5) is 10.5 Å².